The summed E-state index contributed by atoms with van der Waals surface area (Å²) >= 11 is 0. The van der Waals surface area contributed by atoms with Crippen LogP contribution >= 0.6 is 0 Å². The van der Waals surface area contributed by atoms with Crippen LogP contribution < -0.4 is 9.64 Å². The van der Waals surface area contributed by atoms with Crippen molar-refractivity contribution in [3.63, 3.8) is 0 Å². The lowest BCUT2D eigenvalue weighted by molar-refractivity contribution is -0.274. The molecule has 0 radical (unpaired) electrons. The maximum absolute atomic E-state index is 12.0. The van der Waals surface area contributed by atoms with Crippen molar-refractivity contribution < 1.29 is 22.7 Å². The fourth-order valence-corrected chi connectivity index (χ4v) is 1.97. The average molecular weight is 271 g/mol. The Bertz CT molecular complexity index is 482. The quantitative estimate of drug-likeness (QED) is 0.790. The van der Waals surface area contributed by atoms with Gasteiger partial charge in [0.25, 0.3) is 0 Å². The summed E-state index contributed by atoms with van der Waals surface area (Å²) in [6.45, 7) is 4.14. The lowest BCUT2D eigenvalue weighted by atomic mass is 10.1. The highest BCUT2D eigenvalue weighted by atomic mass is 19.4. The molecule has 2 rings (SSSR count). The molecule has 1 heterocycles. The summed E-state index contributed by atoms with van der Waals surface area (Å²) in [6, 6.07) is 5.25. The van der Waals surface area contributed by atoms with Crippen LogP contribution in [0.3, 0.4) is 0 Å². The number of carbonyl (C=O) groups is 1. The number of anilines is 1. The highest BCUT2D eigenvalue weighted by Crippen LogP contribution is 2.29. The maximum atomic E-state index is 12.0. The van der Waals surface area contributed by atoms with Crippen molar-refractivity contribution in [3.8, 4) is 5.75 Å². The van der Waals surface area contributed by atoms with Gasteiger partial charge in [-0.2, -0.15) is 0 Å². The van der Waals surface area contributed by atoms with Gasteiger partial charge in [0.15, 0.2) is 0 Å². The van der Waals surface area contributed by atoms with Crippen molar-refractivity contribution in [2.45, 2.75) is 12.8 Å². The van der Waals surface area contributed by atoms with E-state index in [1.807, 2.05) is 0 Å². The Hall–Kier alpha value is -1.98. The molecule has 1 atom stereocenters. The fraction of sp³-hybridized carbons (Fsp3) is 0.308. The van der Waals surface area contributed by atoms with Gasteiger partial charge in [0.05, 0.1) is 0 Å². The maximum Gasteiger partial charge on any atom is 0.573 e. The van der Waals surface area contributed by atoms with Crippen molar-refractivity contribution in [2.75, 3.05) is 11.4 Å². The lowest BCUT2D eigenvalue weighted by Gasteiger charge is -2.17. The Morgan fingerprint density at radius 2 is 1.95 bits per heavy atom. The second kappa shape index (κ2) is 4.95. The van der Waals surface area contributed by atoms with E-state index < -0.39 is 6.36 Å². The number of rotatable bonds is 3. The van der Waals surface area contributed by atoms with Crippen LogP contribution in [0.25, 0.3) is 0 Å². The predicted molar refractivity (Wildman–Crippen MR) is 63.8 cm³/mol. The zero-order valence-corrected chi connectivity index (χ0v) is 9.98. The summed E-state index contributed by atoms with van der Waals surface area (Å²) in [7, 11) is 0. The Kier molecular flexibility index (Phi) is 3.50. The number of ether oxygens (including phenoxy) is 1. The summed E-state index contributed by atoms with van der Waals surface area (Å²) < 4.78 is 39.8. The number of benzene rings is 1. The van der Waals surface area contributed by atoms with Gasteiger partial charge in [-0.3, -0.25) is 4.79 Å². The molecule has 1 amide bonds. The van der Waals surface area contributed by atoms with Crippen molar-refractivity contribution in [1.29, 1.82) is 0 Å². The van der Waals surface area contributed by atoms with E-state index in [4.69, 9.17) is 0 Å². The van der Waals surface area contributed by atoms with Crippen LogP contribution in [-0.4, -0.2) is 18.8 Å². The SMILES string of the molecule is C=CC1CC(=O)N(c2ccc(OC(F)(F)F)cc2)C1. The Morgan fingerprint density at radius 3 is 2.42 bits per heavy atom. The van der Waals surface area contributed by atoms with E-state index in [9.17, 15) is 18.0 Å². The molecular formula is C13H12F3NO2. The summed E-state index contributed by atoms with van der Waals surface area (Å²) in [6.07, 6.45) is -2.62. The normalized spacial score (nSPS) is 19.6. The summed E-state index contributed by atoms with van der Waals surface area (Å²) in [5.74, 6) is -0.281. The molecule has 1 saturated heterocycles. The first-order valence-corrected chi connectivity index (χ1v) is 5.68. The lowest BCUT2D eigenvalue weighted by Crippen LogP contribution is -2.24. The van der Waals surface area contributed by atoms with Crippen molar-refractivity contribution in [2.24, 2.45) is 5.92 Å². The minimum absolute atomic E-state index is 0.0608. The van der Waals surface area contributed by atoms with Gasteiger partial charge in [-0.1, -0.05) is 6.08 Å². The Balaban J connectivity index is 2.11. The van der Waals surface area contributed by atoms with Crippen LogP contribution in [0, 0.1) is 5.92 Å². The van der Waals surface area contributed by atoms with Gasteiger partial charge in [-0.15, -0.1) is 19.8 Å². The standard InChI is InChI=1S/C13H12F3NO2/c1-2-9-7-12(18)17(8-9)10-3-5-11(6-4-10)19-13(14,15)16/h2-6,9H,1,7-8H2. The van der Waals surface area contributed by atoms with Gasteiger partial charge in [-0.05, 0) is 24.3 Å². The smallest absolute Gasteiger partial charge is 0.406 e. The van der Waals surface area contributed by atoms with Crippen LogP contribution in [0.2, 0.25) is 0 Å². The number of hydrogen-bond acceptors (Lipinski definition) is 2. The monoisotopic (exact) mass is 271 g/mol. The highest BCUT2D eigenvalue weighted by Gasteiger charge is 2.32. The van der Waals surface area contributed by atoms with Crippen LogP contribution in [0.15, 0.2) is 36.9 Å². The molecule has 0 aliphatic carbocycles. The molecule has 1 aliphatic rings. The first kappa shape index (κ1) is 13.5. The number of carbonyl (C=O) groups excluding carboxylic acids is 1. The van der Waals surface area contributed by atoms with E-state index >= 15 is 0 Å². The first-order valence-electron chi connectivity index (χ1n) is 5.68. The number of halogens is 3. The van der Waals surface area contributed by atoms with Gasteiger partial charge < -0.3 is 9.64 Å². The molecule has 6 heteroatoms. The number of amides is 1. The second-order valence-corrected chi connectivity index (χ2v) is 4.25. The minimum atomic E-state index is -4.71. The Morgan fingerprint density at radius 1 is 1.32 bits per heavy atom. The van der Waals surface area contributed by atoms with E-state index in [-0.39, 0.29) is 17.6 Å². The van der Waals surface area contributed by atoms with Gasteiger partial charge >= 0.3 is 6.36 Å². The van der Waals surface area contributed by atoms with Gasteiger partial charge in [0.2, 0.25) is 5.91 Å². The molecule has 1 aromatic carbocycles. The summed E-state index contributed by atoms with van der Waals surface area (Å²) in [4.78, 5) is 13.3. The van der Waals surface area contributed by atoms with E-state index in [2.05, 4.69) is 11.3 Å². The van der Waals surface area contributed by atoms with Crippen LogP contribution in [0.4, 0.5) is 18.9 Å². The van der Waals surface area contributed by atoms with E-state index in [0.717, 1.165) is 0 Å². The second-order valence-electron chi connectivity index (χ2n) is 4.25. The molecule has 0 bridgehead atoms. The predicted octanol–water partition coefficient (Wildman–Crippen LogP) is 3.12. The molecule has 1 fully saturated rings. The topological polar surface area (TPSA) is 29.5 Å². The van der Waals surface area contributed by atoms with Gasteiger partial charge in [0.1, 0.15) is 5.75 Å². The highest BCUT2D eigenvalue weighted by molar-refractivity contribution is 5.96. The van der Waals surface area contributed by atoms with Crippen molar-refractivity contribution in [1.82, 2.24) is 0 Å². The van der Waals surface area contributed by atoms with E-state index in [0.29, 0.717) is 18.7 Å². The van der Waals surface area contributed by atoms with E-state index in [1.165, 1.54) is 29.2 Å². The van der Waals surface area contributed by atoms with Crippen LogP contribution in [0.5, 0.6) is 5.75 Å². The molecule has 0 spiro atoms. The summed E-state index contributed by atoms with van der Waals surface area (Å²) in [5, 5.41) is 0. The molecule has 0 N–H and O–H groups in total. The largest absolute Gasteiger partial charge is 0.573 e. The zero-order chi connectivity index (χ0) is 14.0. The van der Waals surface area contributed by atoms with Crippen molar-refractivity contribution in [3.05, 3.63) is 36.9 Å². The molecule has 1 unspecified atom stereocenters. The zero-order valence-electron chi connectivity index (χ0n) is 9.98. The first-order chi connectivity index (χ1) is 8.89. The van der Waals surface area contributed by atoms with Gasteiger partial charge in [-0.25, -0.2) is 0 Å². The molecule has 3 nitrogen and oxygen atoms in total. The molecule has 1 aromatic rings. The van der Waals surface area contributed by atoms with E-state index in [1.54, 1.807) is 6.08 Å². The number of alkyl halides is 3. The third kappa shape index (κ3) is 3.27. The minimum Gasteiger partial charge on any atom is -0.406 e. The van der Waals surface area contributed by atoms with Gasteiger partial charge in [0, 0.05) is 24.6 Å². The molecule has 0 aromatic heterocycles. The third-order valence-corrected chi connectivity index (χ3v) is 2.87. The third-order valence-electron chi connectivity index (χ3n) is 2.87. The average Bonchev–Trinajstić information content (AvgIpc) is 2.70. The molecular weight excluding hydrogens is 259 g/mol. The van der Waals surface area contributed by atoms with Crippen LogP contribution in [0.1, 0.15) is 6.42 Å². The molecule has 102 valence electrons. The van der Waals surface area contributed by atoms with Crippen LogP contribution in [-0.2, 0) is 4.79 Å². The molecule has 19 heavy (non-hydrogen) atoms. The Labute approximate surface area is 108 Å². The molecule has 1 aliphatic heterocycles. The fourth-order valence-electron chi connectivity index (χ4n) is 1.97. The number of nitrogens with zero attached hydrogens (tertiary/aromatic N) is 1. The van der Waals surface area contributed by atoms with Crippen molar-refractivity contribution >= 4 is 11.6 Å². The summed E-state index contributed by atoms with van der Waals surface area (Å²) in [5.41, 5.74) is 0.559. The number of hydrogen-bond donors (Lipinski definition) is 0. The molecule has 0 saturated carbocycles.